The molecule has 1 rings (SSSR count). The Morgan fingerprint density at radius 3 is 2.36 bits per heavy atom. The summed E-state index contributed by atoms with van der Waals surface area (Å²) in [4.78, 5) is 1.45. The van der Waals surface area contributed by atoms with Gasteiger partial charge in [-0.2, -0.15) is 0 Å². The molecule has 2 heteroatoms. The van der Waals surface area contributed by atoms with Crippen molar-refractivity contribution in [1.29, 1.82) is 0 Å². The lowest BCUT2D eigenvalue weighted by molar-refractivity contribution is 0.609. The number of hydrogen-bond acceptors (Lipinski definition) is 2. The molecule has 1 aromatic rings. The smallest absolute Gasteiger partial charge is 0.0632 e. The zero-order valence-corrected chi connectivity index (χ0v) is 10.5. The monoisotopic (exact) mass is 209 g/mol. The van der Waals surface area contributed by atoms with Crippen molar-refractivity contribution in [2.45, 2.75) is 37.5 Å². The zero-order chi connectivity index (χ0) is 10.8. The first-order valence-electron chi connectivity index (χ1n) is 4.90. The predicted molar refractivity (Wildman–Crippen MR) is 64.9 cm³/mol. The van der Waals surface area contributed by atoms with Crippen LogP contribution in [0.2, 0.25) is 0 Å². The molecule has 0 radical (unpaired) electrons. The Hall–Kier alpha value is -0.470. The van der Waals surface area contributed by atoms with Gasteiger partial charge in [0.2, 0.25) is 0 Å². The molecular weight excluding hydrogens is 190 g/mol. The molecule has 0 aliphatic heterocycles. The van der Waals surface area contributed by atoms with Crippen LogP contribution in [0.25, 0.3) is 0 Å². The second-order valence-electron chi connectivity index (χ2n) is 4.13. The summed E-state index contributed by atoms with van der Waals surface area (Å²) in [6.07, 6.45) is 0. The van der Waals surface area contributed by atoms with Gasteiger partial charge in [-0.1, -0.05) is 17.7 Å². The van der Waals surface area contributed by atoms with Crippen molar-refractivity contribution in [3.05, 3.63) is 29.3 Å². The maximum atomic E-state index is 3.29. The average Bonchev–Trinajstić information content (AvgIpc) is 2.10. The predicted octanol–water partition coefficient (Wildman–Crippen LogP) is 3.35. The van der Waals surface area contributed by atoms with E-state index in [9.17, 15) is 0 Å². The van der Waals surface area contributed by atoms with E-state index in [1.807, 2.05) is 18.8 Å². The minimum absolute atomic E-state index is 0.0972. The fourth-order valence-corrected chi connectivity index (χ4v) is 2.25. The first-order valence-corrected chi connectivity index (χ1v) is 5.71. The van der Waals surface area contributed by atoms with Crippen molar-refractivity contribution < 1.29 is 0 Å². The normalized spacial score (nSPS) is 11.8. The lowest BCUT2D eigenvalue weighted by atomic mass is 10.2. The molecule has 78 valence electrons. The third-order valence-corrected chi connectivity index (χ3v) is 3.69. The van der Waals surface area contributed by atoms with Crippen molar-refractivity contribution in [2.24, 2.45) is 0 Å². The zero-order valence-electron chi connectivity index (χ0n) is 9.64. The lowest BCUT2D eigenvalue weighted by Crippen LogP contribution is -2.31. The van der Waals surface area contributed by atoms with Crippen LogP contribution in [-0.2, 0) is 0 Å². The van der Waals surface area contributed by atoms with Crippen LogP contribution in [0.1, 0.15) is 25.0 Å². The van der Waals surface area contributed by atoms with Gasteiger partial charge < -0.3 is 5.32 Å². The van der Waals surface area contributed by atoms with Crippen LogP contribution in [-0.4, -0.2) is 11.9 Å². The molecule has 0 saturated carbocycles. The highest BCUT2D eigenvalue weighted by Crippen LogP contribution is 2.32. The number of aryl methyl sites for hydroxylation is 2. The lowest BCUT2D eigenvalue weighted by Gasteiger charge is -2.24. The Labute approximate surface area is 91.3 Å². The van der Waals surface area contributed by atoms with E-state index in [-0.39, 0.29) is 4.87 Å². The maximum absolute atomic E-state index is 3.29. The van der Waals surface area contributed by atoms with Gasteiger partial charge in [0.15, 0.2) is 0 Å². The van der Waals surface area contributed by atoms with Crippen LogP contribution in [0, 0.1) is 13.8 Å². The molecule has 1 aromatic carbocycles. The number of benzene rings is 1. The van der Waals surface area contributed by atoms with Gasteiger partial charge in [-0.25, -0.2) is 0 Å². The molecule has 14 heavy (non-hydrogen) atoms. The highest BCUT2D eigenvalue weighted by Gasteiger charge is 2.16. The maximum Gasteiger partial charge on any atom is 0.0632 e. The Morgan fingerprint density at radius 1 is 1.21 bits per heavy atom. The highest BCUT2D eigenvalue weighted by atomic mass is 32.2. The van der Waals surface area contributed by atoms with Crippen molar-refractivity contribution in [3.63, 3.8) is 0 Å². The molecule has 1 N–H and O–H groups in total. The van der Waals surface area contributed by atoms with Gasteiger partial charge >= 0.3 is 0 Å². The molecule has 0 fully saturated rings. The van der Waals surface area contributed by atoms with Gasteiger partial charge in [-0.15, -0.1) is 11.8 Å². The molecule has 0 aliphatic rings. The standard InChI is InChI=1S/C12H19NS/c1-9-6-7-11(10(2)8-9)14-12(3,4)13-5/h6-8,13H,1-5H3. The fraction of sp³-hybridized carbons (Fsp3) is 0.500. The quantitative estimate of drug-likeness (QED) is 0.605. The highest BCUT2D eigenvalue weighted by molar-refractivity contribution is 8.00. The van der Waals surface area contributed by atoms with Crippen LogP contribution >= 0.6 is 11.8 Å². The van der Waals surface area contributed by atoms with E-state index < -0.39 is 0 Å². The minimum Gasteiger partial charge on any atom is -0.306 e. The summed E-state index contributed by atoms with van der Waals surface area (Å²) in [5, 5.41) is 3.29. The van der Waals surface area contributed by atoms with E-state index in [2.05, 4.69) is 51.2 Å². The Balaban J connectivity index is 2.87. The van der Waals surface area contributed by atoms with Crippen molar-refractivity contribution in [1.82, 2.24) is 5.32 Å². The van der Waals surface area contributed by atoms with Gasteiger partial charge in [0, 0.05) is 4.90 Å². The van der Waals surface area contributed by atoms with Crippen molar-refractivity contribution in [2.75, 3.05) is 7.05 Å². The third-order valence-electron chi connectivity index (χ3n) is 2.30. The number of nitrogens with one attached hydrogen (secondary N) is 1. The van der Waals surface area contributed by atoms with Gasteiger partial charge in [-0.3, -0.25) is 0 Å². The molecule has 1 nitrogen and oxygen atoms in total. The van der Waals surface area contributed by atoms with E-state index in [0.717, 1.165) is 0 Å². The largest absolute Gasteiger partial charge is 0.306 e. The summed E-state index contributed by atoms with van der Waals surface area (Å²) in [5.41, 5.74) is 2.69. The molecule has 0 unspecified atom stereocenters. The summed E-state index contributed by atoms with van der Waals surface area (Å²) in [6.45, 7) is 8.68. The van der Waals surface area contributed by atoms with E-state index in [4.69, 9.17) is 0 Å². The number of thioether (sulfide) groups is 1. The van der Waals surface area contributed by atoms with Gasteiger partial charge in [0.1, 0.15) is 0 Å². The van der Waals surface area contributed by atoms with Gasteiger partial charge in [0.25, 0.3) is 0 Å². The molecule has 0 amide bonds. The summed E-state index contributed by atoms with van der Waals surface area (Å²) >= 11 is 1.87. The molecule has 0 heterocycles. The van der Waals surface area contributed by atoms with E-state index in [1.54, 1.807) is 0 Å². The number of rotatable bonds is 3. The van der Waals surface area contributed by atoms with Gasteiger partial charge in [0.05, 0.1) is 4.87 Å². The summed E-state index contributed by atoms with van der Waals surface area (Å²) < 4.78 is 0. The molecule has 0 bridgehead atoms. The summed E-state index contributed by atoms with van der Waals surface area (Å²) in [6, 6.07) is 6.60. The molecule has 0 atom stereocenters. The molecule has 0 aromatic heterocycles. The topological polar surface area (TPSA) is 12.0 Å². The van der Waals surface area contributed by atoms with Gasteiger partial charge in [-0.05, 0) is 46.4 Å². The second-order valence-corrected chi connectivity index (χ2v) is 5.80. The van der Waals surface area contributed by atoms with Crippen LogP contribution in [0.3, 0.4) is 0 Å². The average molecular weight is 209 g/mol. The van der Waals surface area contributed by atoms with Crippen molar-refractivity contribution >= 4 is 11.8 Å². The van der Waals surface area contributed by atoms with Crippen LogP contribution in [0.5, 0.6) is 0 Å². The Kier molecular flexibility index (Phi) is 3.62. The van der Waals surface area contributed by atoms with E-state index in [1.165, 1.54) is 16.0 Å². The molecule has 0 spiro atoms. The second kappa shape index (κ2) is 4.37. The summed E-state index contributed by atoms with van der Waals surface area (Å²) in [7, 11) is 2.00. The van der Waals surface area contributed by atoms with E-state index in [0.29, 0.717) is 0 Å². The van der Waals surface area contributed by atoms with Crippen molar-refractivity contribution in [3.8, 4) is 0 Å². The molecular formula is C12H19NS. The molecule has 0 saturated heterocycles. The van der Waals surface area contributed by atoms with Crippen LogP contribution in [0.15, 0.2) is 23.1 Å². The third kappa shape index (κ3) is 3.03. The Bertz CT molecular complexity index is 318. The Morgan fingerprint density at radius 2 is 1.86 bits per heavy atom. The van der Waals surface area contributed by atoms with Crippen LogP contribution in [0.4, 0.5) is 0 Å². The first kappa shape index (κ1) is 11.6. The minimum atomic E-state index is 0.0972. The SMILES string of the molecule is CNC(C)(C)Sc1ccc(C)cc1C. The first-order chi connectivity index (χ1) is 6.44. The van der Waals surface area contributed by atoms with Crippen LogP contribution < -0.4 is 5.32 Å². The van der Waals surface area contributed by atoms with E-state index >= 15 is 0 Å². The number of hydrogen-bond donors (Lipinski definition) is 1. The fourth-order valence-electron chi connectivity index (χ4n) is 1.24. The molecule has 0 aliphatic carbocycles. The summed E-state index contributed by atoms with van der Waals surface area (Å²) in [5.74, 6) is 0.